The van der Waals surface area contributed by atoms with E-state index in [1.165, 1.54) is 6.33 Å². The molecule has 7 nitrogen and oxygen atoms in total. The highest BCUT2D eigenvalue weighted by Crippen LogP contribution is 2.18. The number of hydrogen-bond donors (Lipinski definition) is 1. The highest BCUT2D eigenvalue weighted by atomic mass is 32.2. The van der Waals surface area contributed by atoms with Gasteiger partial charge in [0.25, 0.3) is 10.2 Å². The van der Waals surface area contributed by atoms with Gasteiger partial charge in [0.1, 0.15) is 12.2 Å². The predicted molar refractivity (Wildman–Crippen MR) is 80.8 cm³/mol. The van der Waals surface area contributed by atoms with Gasteiger partial charge in [-0.2, -0.15) is 22.5 Å². The van der Waals surface area contributed by atoms with Crippen molar-refractivity contribution >= 4 is 10.2 Å². The van der Waals surface area contributed by atoms with Gasteiger partial charge in [0.05, 0.1) is 6.04 Å². The van der Waals surface area contributed by atoms with E-state index in [-0.39, 0.29) is 6.04 Å². The highest BCUT2D eigenvalue weighted by molar-refractivity contribution is 7.87. The molecule has 8 heteroatoms. The molecule has 1 saturated heterocycles. The average Bonchev–Trinajstić information content (AvgIpc) is 2.76. The first-order valence-electron chi connectivity index (χ1n) is 7.73. The maximum absolute atomic E-state index is 12.6. The molecule has 0 radical (unpaired) electrons. The standard InChI is InChI=1S/C13H25N5O2S/c1-3-12(13-14-11-15-18(13)4-2)16-21(19,20)17-9-7-5-6-8-10-17/h11-12,16H,3-10H2,1-2H3. The topological polar surface area (TPSA) is 80.1 Å². The smallest absolute Gasteiger partial charge is 0.249 e. The van der Waals surface area contributed by atoms with Gasteiger partial charge in [-0.25, -0.2) is 9.67 Å². The van der Waals surface area contributed by atoms with Gasteiger partial charge < -0.3 is 0 Å². The van der Waals surface area contributed by atoms with Crippen LogP contribution in [0.2, 0.25) is 0 Å². The molecule has 1 unspecified atom stereocenters. The Labute approximate surface area is 126 Å². The molecule has 1 aromatic heterocycles. The number of hydrogen-bond acceptors (Lipinski definition) is 4. The number of nitrogens with zero attached hydrogens (tertiary/aromatic N) is 4. The van der Waals surface area contributed by atoms with E-state index >= 15 is 0 Å². The van der Waals surface area contributed by atoms with Crippen LogP contribution < -0.4 is 4.72 Å². The first kappa shape index (κ1) is 16.4. The Morgan fingerprint density at radius 3 is 2.48 bits per heavy atom. The molecule has 0 aliphatic carbocycles. The van der Waals surface area contributed by atoms with Gasteiger partial charge >= 0.3 is 0 Å². The first-order valence-corrected chi connectivity index (χ1v) is 9.17. The van der Waals surface area contributed by atoms with Crippen LogP contribution in [-0.2, 0) is 16.8 Å². The van der Waals surface area contributed by atoms with Crippen LogP contribution in [-0.4, -0.2) is 40.6 Å². The van der Waals surface area contributed by atoms with E-state index in [0.717, 1.165) is 25.7 Å². The fraction of sp³-hybridized carbons (Fsp3) is 0.846. The molecular weight excluding hydrogens is 290 g/mol. The summed E-state index contributed by atoms with van der Waals surface area (Å²) in [5, 5.41) is 4.12. The Morgan fingerprint density at radius 1 is 1.24 bits per heavy atom. The van der Waals surface area contributed by atoms with Gasteiger partial charge in [0.2, 0.25) is 0 Å². The van der Waals surface area contributed by atoms with Crippen molar-refractivity contribution in [1.29, 1.82) is 0 Å². The van der Waals surface area contributed by atoms with Crippen LogP contribution in [0, 0.1) is 0 Å². The van der Waals surface area contributed by atoms with Crippen molar-refractivity contribution in [2.45, 2.75) is 58.5 Å². The summed E-state index contributed by atoms with van der Waals surface area (Å²) in [6.45, 7) is 5.80. The first-order chi connectivity index (χ1) is 10.1. The average molecular weight is 315 g/mol. The van der Waals surface area contributed by atoms with Crippen molar-refractivity contribution in [3.05, 3.63) is 12.2 Å². The second-order valence-electron chi connectivity index (χ2n) is 5.33. The van der Waals surface area contributed by atoms with Gasteiger partial charge in [-0.3, -0.25) is 0 Å². The molecule has 1 N–H and O–H groups in total. The molecule has 0 aromatic carbocycles. The minimum absolute atomic E-state index is 0.333. The van der Waals surface area contributed by atoms with Crippen LogP contribution >= 0.6 is 0 Å². The third-order valence-electron chi connectivity index (χ3n) is 3.86. The summed E-state index contributed by atoms with van der Waals surface area (Å²) in [6.07, 6.45) is 6.19. The van der Waals surface area contributed by atoms with E-state index in [2.05, 4.69) is 14.8 Å². The molecule has 2 heterocycles. The summed E-state index contributed by atoms with van der Waals surface area (Å²) >= 11 is 0. The zero-order valence-corrected chi connectivity index (χ0v) is 13.6. The van der Waals surface area contributed by atoms with E-state index in [9.17, 15) is 8.42 Å². The molecule has 120 valence electrons. The lowest BCUT2D eigenvalue weighted by molar-refractivity contribution is 0.401. The quantitative estimate of drug-likeness (QED) is 0.862. The predicted octanol–water partition coefficient (Wildman–Crippen LogP) is 1.46. The monoisotopic (exact) mass is 315 g/mol. The Morgan fingerprint density at radius 2 is 1.90 bits per heavy atom. The normalized spacial score (nSPS) is 19.3. The van der Waals surface area contributed by atoms with Crippen molar-refractivity contribution in [3.63, 3.8) is 0 Å². The highest BCUT2D eigenvalue weighted by Gasteiger charge is 2.27. The lowest BCUT2D eigenvalue weighted by Gasteiger charge is -2.24. The molecule has 1 aliphatic heterocycles. The maximum Gasteiger partial charge on any atom is 0.280 e. The molecule has 0 amide bonds. The van der Waals surface area contributed by atoms with Crippen molar-refractivity contribution in [1.82, 2.24) is 23.8 Å². The Bertz CT molecular complexity index is 535. The van der Waals surface area contributed by atoms with E-state index in [4.69, 9.17) is 0 Å². The van der Waals surface area contributed by atoms with Crippen LogP contribution in [0.1, 0.15) is 57.8 Å². The molecule has 1 atom stereocenters. The molecule has 1 fully saturated rings. The summed E-state index contributed by atoms with van der Waals surface area (Å²) in [4.78, 5) is 4.21. The van der Waals surface area contributed by atoms with E-state index in [0.29, 0.717) is 31.9 Å². The van der Waals surface area contributed by atoms with Crippen molar-refractivity contribution < 1.29 is 8.42 Å². The Hall–Kier alpha value is -0.990. The summed E-state index contributed by atoms with van der Waals surface area (Å²) in [6, 6.07) is -0.333. The van der Waals surface area contributed by atoms with Gasteiger partial charge in [0, 0.05) is 19.6 Å². The second kappa shape index (κ2) is 7.33. The molecule has 2 rings (SSSR count). The summed E-state index contributed by atoms with van der Waals surface area (Å²) in [5.74, 6) is 0.679. The molecule has 1 aliphatic rings. The minimum atomic E-state index is -3.47. The maximum atomic E-state index is 12.6. The zero-order chi connectivity index (χ0) is 15.3. The fourth-order valence-corrected chi connectivity index (χ4v) is 4.16. The Balaban J connectivity index is 2.13. The second-order valence-corrected chi connectivity index (χ2v) is 7.03. The van der Waals surface area contributed by atoms with E-state index < -0.39 is 10.2 Å². The van der Waals surface area contributed by atoms with Crippen LogP contribution in [0.5, 0.6) is 0 Å². The third kappa shape index (κ3) is 4.02. The number of rotatable bonds is 6. The molecule has 0 bridgehead atoms. The van der Waals surface area contributed by atoms with Crippen LogP contribution in [0.25, 0.3) is 0 Å². The number of aromatic nitrogens is 3. The van der Waals surface area contributed by atoms with Gasteiger partial charge in [-0.05, 0) is 26.2 Å². The van der Waals surface area contributed by atoms with E-state index in [1.807, 2.05) is 13.8 Å². The largest absolute Gasteiger partial charge is 0.280 e. The van der Waals surface area contributed by atoms with E-state index in [1.54, 1.807) is 8.99 Å². The van der Waals surface area contributed by atoms with Crippen LogP contribution in [0.15, 0.2) is 6.33 Å². The Kier molecular flexibility index (Phi) is 5.72. The SMILES string of the molecule is CCC(NS(=O)(=O)N1CCCCCC1)c1ncnn1CC. The lowest BCUT2D eigenvalue weighted by Crippen LogP contribution is -2.43. The minimum Gasteiger partial charge on any atom is -0.249 e. The molecule has 21 heavy (non-hydrogen) atoms. The molecular formula is C13H25N5O2S. The summed E-state index contributed by atoms with van der Waals surface area (Å²) in [5.41, 5.74) is 0. The fourth-order valence-electron chi connectivity index (χ4n) is 2.64. The summed E-state index contributed by atoms with van der Waals surface area (Å²) in [7, 11) is -3.47. The van der Waals surface area contributed by atoms with Crippen molar-refractivity contribution in [2.75, 3.05) is 13.1 Å². The summed E-state index contributed by atoms with van der Waals surface area (Å²) < 4.78 is 31.2. The number of nitrogens with one attached hydrogen (secondary N) is 1. The molecule has 1 aromatic rings. The van der Waals surface area contributed by atoms with Gasteiger partial charge in [-0.15, -0.1) is 0 Å². The van der Waals surface area contributed by atoms with Crippen LogP contribution in [0.4, 0.5) is 0 Å². The van der Waals surface area contributed by atoms with Crippen molar-refractivity contribution in [3.8, 4) is 0 Å². The molecule has 0 spiro atoms. The third-order valence-corrected chi connectivity index (χ3v) is 5.49. The zero-order valence-electron chi connectivity index (χ0n) is 12.8. The number of aryl methyl sites for hydroxylation is 1. The van der Waals surface area contributed by atoms with Crippen LogP contribution in [0.3, 0.4) is 0 Å². The lowest BCUT2D eigenvalue weighted by atomic mass is 10.2. The van der Waals surface area contributed by atoms with Gasteiger partial charge in [0.15, 0.2) is 0 Å². The van der Waals surface area contributed by atoms with Crippen molar-refractivity contribution in [2.24, 2.45) is 0 Å². The molecule has 0 saturated carbocycles. The van der Waals surface area contributed by atoms with Gasteiger partial charge in [-0.1, -0.05) is 19.8 Å².